The topological polar surface area (TPSA) is 64.6 Å². The van der Waals surface area contributed by atoms with Crippen LogP contribution in [0.1, 0.15) is 34.3 Å². The monoisotopic (exact) mass is 373 g/mol. The maximum atomic E-state index is 13.2. The van der Waals surface area contributed by atoms with E-state index in [0.29, 0.717) is 29.4 Å². The minimum atomic E-state index is -0.481. The van der Waals surface area contributed by atoms with Gasteiger partial charge in [0.2, 0.25) is 5.91 Å². The van der Waals surface area contributed by atoms with E-state index in [1.54, 1.807) is 31.2 Å². The first kappa shape index (κ1) is 17.8. The number of amides is 1. The number of hydrogen-bond acceptors (Lipinski definition) is 4. The summed E-state index contributed by atoms with van der Waals surface area (Å²) >= 11 is 0. The number of carbonyl (C=O) groups is 2. The van der Waals surface area contributed by atoms with Crippen LogP contribution in [-0.4, -0.2) is 18.5 Å². The van der Waals surface area contributed by atoms with Crippen LogP contribution in [-0.2, 0) is 9.53 Å². The lowest BCUT2D eigenvalue weighted by Crippen LogP contribution is -2.25. The van der Waals surface area contributed by atoms with E-state index in [9.17, 15) is 9.59 Å². The van der Waals surface area contributed by atoms with Crippen molar-refractivity contribution in [2.75, 3.05) is 11.9 Å². The van der Waals surface area contributed by atoms with Crippen LogP contribution in [0.25, 0.3) is 0 Å². The Balaban J connectivity index is 1.61. The molecule has 0 aliphatic carbocycles. The van der Waals surface area contributed by atoms with Gasteiger partial charge in [-0.25, -0.2) is 4.79 Å². The van der Waals surface area contributed by atoms with Gasteiger partial charge in [0.15, 0.2) is 0 Å². The Morgan fingerprint density at radius 3 is 2.04 bits per heavy atom. The highest BCUT2D eigenvalue weighted by Gasteiger charge is 2.32. The van der Waals surface area contributed by atoms with Crippen LogP contribution in [0.15, 0.2) is 72.8 Å². The van der Waals surface area contributed by atoms with Gasteiger partial charge < -0.3 is 14.8 Å². The number of esters is 1. The molecule has 0 aromatic heterocycles. The molecular weight excluding hydrogens is 354 g/mol. The highest BCUT2D eigenvalue weighted by Crippen LogP contribution is 2.44. The number of carbonyl (C=O) groups excluding carboxylic acids is 2. The number of anilines is 1. The molecule has 0 saturated carbocycles. The number of ether oxygens (including phenoxy) is 2. The molecule has 0 saturated heterocycles. The van der Waals surface area contributed by atoms with Crippen molar-refractivity contribution in [1.29, 1.82) is 0 Å². The second kappa shape index (κ2) is 7.56. The molecule has 0 spiro atoms. The molecule has 3 aromatic carbocycles. The molecule has 0 unspecified atom stereocenters. The van der Waals surface area contributed by atoms with Crippen LogP contribution in [0.2, 0.25) is 0 Å². The zero-order valence-electron chi connectivity index (χ0n) is 15.3. The zero-order valence-corrected chi connectivity index (χ0v) is 15.3. The van der Waals surface area contributed by atoms with Crippen molar-refractivity contribution in [2.24, 2.45) is 0 Å². The summed E-state index contributed by atoms with van der Waals surface area (Å²) in [7, 11) is 0. The average molecular weight is 373 g/mol. The summed E-state index contributed by atoms with van der Waals surface area (Å²) in [4.78, 5) is 24.9. The number of nitrogens with one attached hydrogen (secondary N) is 1. The highest BCUT2D eigenvalue weighted by molar-refractivity contribution is 6.00. The van der Waals surface area contributed by atoms with Gasteiger partial charge in [-0.05, 0) is 43.3 Å². The molecule has 1 aliphatic rings. The van der Waals surface area contributed by atoms with E-state index in [-0.39, 0.29) is 11.9 Å². The first-order chi connectivity index (χ1) is 13.7. The molecule has 4 rings (SSSR count). The second-order valence-electron chi connectivity index (χ2n) is 6.40. The summed E-state index contributed by atoms with van der Waals surface area (Å²) < 4.78 is 10.9. The van der Waals surface area contributed by atoms with Crippen LogP contribution >= 0.6 is 0 Å². The smallest absolute Gasteiger partial charge is 0.338 e. The van der Waals surface area contributed by atoms with Crippen LogP contribution in [0.3, 0.4) is 0 Å². The van der Waals surface area contributed by atoms with Crippen molar-refractivity contribution < 1.29 is 19.1 Å². The molecule has 28 heavy (non-hydrogen) atoms. The van der Waals surface area contributed by atoms with E-state index in [2.05, 4.69) is 5.32 Å². The summed E-state index contributed by atoms with van der Waals surface area (Å²) in [6.07, 6.45) is 0. The number of fused-ring (bicyclic) bond motifs is 2. The molecule has 1 amide bonds. The summed E-state index contributed by atoms with van der Waals surface area (Å²) in [5.41, 5.74) is 2.70. The Kier molecular flexibility index (Phi) is 4.81. The first-order valence-electron chi connectivity index (χ1n) is 9.11. The quantitative estimate of drug-likeness (QED) is 0.671. The molecule has 1 N–H and O–H groups in total. The van der Waals surface area contributed by atoms with Crippen molar-refractivity contribution in [3.05, 3.63) is 89.5 Å². The van der Waals surface area contributed by atoms with Gasteiger partial charge in [-0.3, -0.25) is 4.79 Å². The van der Waals surface area contributed by atoms with Crippen LogP contribution in [0.4, 0.5) is 5.69 Å². The summed E-state index contributed by atoms with van der Waals surface area (Å²) in [6, 6.07) is 21.8. The molecule has 0 bridgehead atoms. The third-order valence-electron chi connectivity index (χ3n) is 4.61. The van der Waals surface area contributed by atoms with E-state index in [4.69, 9.17) is 9.47 Å². The molecule has 5 heteroatoms. The van der Waals surface area contributed by atoms with Crippen molar-refractivity contribution in [3.63, 3.8) is 0 Å². The lowest BCUT2D eigenvalue weighted by molar-refractivity contribution is -0.116. The molecular formula is C23H19NO4. The minimum Gasteiger partial charge on any atom is -0.462 e. The summed E-state index contributed by atoms with van der Waals surface area (Å²) in [5, 5.41) is 2.94. The molecule has 3 aromatic rings. The molecule has 140 valence electrons. The normalized spacial score (nSPS) is 12.3. The fourth-order valence-corrected chi connectivity index (χ4v) is 3.31. The minimum absolute atomic E-state index is 0.160. The van der Waals surface area contributed by atoms with E-state index >= 15 is 0 Å². The van der Waals surface area contributed by atoms with Gasteiger partial charge in [-0.2, -0.15) is 0 Å². The van der Waals surface area contributed by atoms with E-state index in [1.165, 1.54) is 0 Å². The third-order valence-corrected chi connectivity index (χ3v) is 4.61. The number of para-hydroxylation sites is 2. The summed E-state index contributed by atoms with van der Waals surface area (Å²) in [6.45, 7) is 2.08. The molecule has 0 radical (unpaired) electrons. The van der Waals surface area contributed by atoms with Crippen molar-refractivity contribution in [1.82, 2.24) is 0 Å². The van der Waals surface area contributed by atoms with Crippen molar-refractivity contribution >= 4 is 17.6 Å². The average Bonchev–Trinajstić information content (AvgIpc) is 2.72. The standard InChI is InChI=1S/C23H19NO4/c1-2-27-23(26)15-11-13-16(14-12-15)24-22(25)21-17-7-3-5-9-19(17)28-20-10-6-4-8-18(20)21/h3-14,21H,2H2,1H3,(H,24,25). The Morgan fingerprint density at radius 1 is 0.893 bits per heavy atom. The van der Waals surface area contributed by atoms with Crippen LogP contribution in [0.5, 0.6) is 11.5 Å². The number of benzene rings is 3. The molecule has 1 heterocycles. The Labute approximate surface area is 162 Å². The number of rotatable bonds is 4. The maximum absolute atomic E-state index is 13.2. The predicted molar refractivity (Wildman–Crippen MR) is 106 cm³/mol. The summed E-state index contributed by atoms with van der Waals surface area (Å²) in [5.74, 6) is 0.337. The van der Waals surface area contributed by atoms with Crippen LogP contribution < -0.4 is 10.1 Å². The second-order valence-corrected chi connectivity index (χ2v) is 6.40. The van der Waals surface area contributed by atoms with Gasteiger partial charge in [0.1, 0.15) is 11.5 Å². The number of hydrogen-bond donors (Lipinski definition) is 1. The fraction of sp³-hybridized carbons (Fsp3) is 0.130. The van der Waals surface area contributed by atoms with Gasteiger partial charge in [0, 0.05) is 16.8 Å². The molecule has 1 aliphatic heterocycles. The Bertz CT molecular complexity index is 981. The third kappa shape index (κ3) is 3.34. The Morgan fingerprint density at radius 2 is 1.46 bits per heavy atom. The lowest BCUT2D eigenvalue weighted by Gasteiger charge is -2.27. The largest absolute Gasteiger partial charge is 0.462 e. The van der Waals surface area contributed by atoms with Gasteiger partial charge in [0.25, 0.3) is 0 Å². The van der Waals surface area contributed by atoms with E-state index < -0.39 is 5.92 Å². The zero-order chi connectivity index (χ0) is 19.5. The van der Waals surface area contributed by atoms with Gasteiger partial charge in [-0.15, -0.1) is 0 Å². The predicted octanol–water partition coefficient (Wildman–Crippen LogP) is 4.74. The molecule has 0 atom stereocenters. The first-order valence-corrected chi connectivity index (χ1v) is 9.11. The highest BCUT2D eigenvalue weighted by atomic mass is 16.5. The van der Waals surface area contributed by atoms with Crippen molar-refractivity contribution in [2.45, 2.75) is 12.8 Å². The lowest BCUT2D eigenvalue weighted by atomic mass is 9.87. The molecule has 0 fully saturated rings. The maximum Gasteiger partial charge on any atom is 0.338 e. The Hall–Kier alpha value is -3.60. The fourth-order valence-electron chi connectivity index (χ4n) is 3.31. The van der Waals surface area contributed by atoms with E-state index in [0.717, 1.165) is 11.1 Å². The van der Waals surface area contributed by atoms with Gasteiger partial charge >= 0.3 is 5.97 Å². The SMILES string of the molecule is CCOC(=O)c1ccc(NC(=O)C2c3ccccc3Oc3ccccc32)cc1. The van der Waals surface area contributed by atoms with Gasteiger partial charge in [-0.1, -0.05) is 36.4 Å². The molecule has 5 nitrogen and oxygen atoms in total. The van der Waals surface area contributed by atoms with Crippen molar-refractivity contribution in [3.8, 4) is 11.5 Å². The van der Waals surface area contributed by atoms with Gasteiger partial charge in [0.05, 0.1) is 18.1 Å². The van der Waals surface area contributed by atoms with Crippen LogP contribution in [0, 0.1) is 0 Å². The van der Waals surface area contributed by atoms with E-state index in [1.807, 2.05) is 48.5 Å².